The zero-order chi connectivity index (χ0) is 12.0. The number of piperidine rings is 1. The van der Waals surface area contributed by atoms with Gasteiger partial charge in [-0.25, -0.2) is 8.78 Å². The maximum atomic E-state index is 12.2. The second-order valence-electron chi connectivity index (χ2n) is 4.60. The van der Waals surface area contributed by atoms with Crippen LogP contribution >= 0.6 is 0 Å². The Labute approximate surface area is 96.4 Å². The fraction of sp³-hybridized carbons (Fsp3) is 1.00. The van der Waals surface area contributed by atoms with Crippen molar-refractivity contribution in [2.45, 2.75) is 38.2 Å². The van der Waals surface area contributed by atoms with E-state index < -0.39 is 6.43 Å². The molecule has 0 aromatic carbocycles. The number of hydrogen-bond acceptors (Lipinski definition) is 3. The van der Waals surface area contributed by atoms with E-state index in [0.717, 1.165) is 38.9 Å². The minimum absolute atomic E-state index is 0.245. The minimum atomic E-state index is -2.29. The van der Waals surface area contributed by atoms with E-state index in [0.29, 0.717) is 6.54 Å². The summed E-state index contributed by atoms with van der Waals surface area (Å²) in [5.74, 6) is 0. The number of nitrogens with zero attached hydrogens (tertiary/aromatic N) is 1. The molecule has 0 radical (unpaired) electrons. The molecule has 0 amide bonds. The smallest absolute Gasteiger partial charge is 0.250 e. The molecule has 1 fully saturated rings. The number of alkyl halides is 2. The van der Waals surface area contributed by atoms with Gasteiger partial charge >= 0.3 is 0 Å². The molecule has 1 saturated heterocycles. The Balaban J connectivity index is 2.38. The molecule has 0 aliphatic carbocycles. The van der Waals surface area contributed by atoms with Gasteiger partial charge in [0.25, 0.3) is 6.43 Å². The van der Waals surface area contributed by atoms with E-state index in [-0.39, 0.29) is 12.1 Å². The van der Waals surface area contributed by atoms with Gasteiger partial charge < -0.3 is 16.0 Å². The Morgan fingerprint density at radius 2 is 2.00 bits per heavy atom. The van der Waals surface area contributed by atoms with Gasteiger partial charge in [-0.15, -0.1) is 0 Å². The summed E-state index contributed by atoms with van der Waals surface area (Å²) >= 11 is 0. The van der Waals surface area contributed by atoms with Gasteiger partial charge in [0.15, 0.2) is 0 Å². The van der Waals surface area contributed by atoms with E-state index >= 15 is 0 Å². The lowest BCUT2D eigenvalue weighted by Gasteiger charge is -2.42. The number of halogens is 2. The highest BCUT2D eigenvalue weighted by Crippen LogP contribution is 2.21. The van der Waals surface area contributed by atoms with E-state index in [4.69, 9.17) is 5.73 Å². The molecule has 1 rings (SSSR count). The van der Waals surface area contributed by atoms with E-state index in [1.807, 2.05) is 0 Å². The Morgan fingerprint density at radius 3 is 2.44 bits per heavy atom. The van der Waals surface area contributed by atoms with Crippen LogP contribution in [0.2, 0.25) is 0 Å². The van der Waals surface area contributed by atoms with E-state index in [2.05, 4.69) is 17.1 Å². The molecule has 1 aliphatic rings. The molecular formula is C11H23F2N3. The predicted molar refractivity (Wildman–Crippen MR) is 61.8 cm³/mol. The van der Waals surface area contributed by atoms with Crippen LogP contribution in [0.4, 0.5) is 8.78 Å². The molecule has 0 unspecified atom stereocenters. The lowest BCUT2D eigenvalue weighted by molar-refractivity contribution is 0.0977. The van der Waals surface area contributed by atoms with Gasteiger partial charge in [0.1, 0.15) is 0 Å². The first-order valence-electron chi connectivity index (χ1n) is 6.07. The van der Waals surface area contributed by atoms with Crippen molar-refractivity contribution in [1.29, 1.82) is 0 Å². The molecule has 3 nitrogen and oxygen atoms in total. The molecule has 3 N–H and O–H groups in total. The van der Waals surface area contributed by atoms with E-state index in [9.17, 15) is 8.78 Å². The van der Waals surface area contributed by atoms with Crippen molar-refractivity contribution in [3.8, 4) is 0 Å². The van der Waals surface area contributed by atoms with Crippen LogP contribution < -0.4 is 11.1 Å². The largest absolute Gasteiger partial charge is 0.329 e. The van der Waals surface area contributed by atoms with Crippen molar-refractivity contribution in [3.05, 3.63) is 0 Å². The lowest BCUT2D eigenvalue weighted by atomic mass is 9.87. The molecule has 1 aliphatic heterocycles. The first kappa shape index (κ1) is 13.8. The number of rotatable bonds is 6. The minimum Gasteiger partial charge on any atom is -0.329 e. The summed E-state index contributed by atoms with van der Waals surface area (Å²) in [6, 6.07) is 0. The van der Waals surface area contributed by atoms with Crippen LogP contribution in [0.5, 0.6) is 0 Å². The van der Waals surface area contributed by atoms with Gasteiger partial charge in [0.05, 0.1) is 6.54 Å². The van der Waals surface area contributed by atoms with Crippen molar-refractivity contribution in [3.63, 3.8) is 0 Å². The first-order valence-corrected chi connectivity index (χ1v) is 6.07. The Morgan fingerprint density at radius 1 is 1.38 bits per heavy atom. The number of likely N-dealkylation sites (tertiary alicyclic amines) is 1. The van der Waals surface area contributed by atoms with E-state index in [1.165, 1.54) is 0 Å². The van der Waals surface area contributed by atoms with Crippen LogP contribution in [0.15, 0.2) is 0 Å². The zero-order valence-corrected chi connectivity index (χ0v) is 10.0. The maximum absolute atomic E-state index is 12.2. The standard InChI is InChI=1S/C11H23F2N3/c1-2-5-16-6-3-11(9-14,4-7-16)15-8-10(12)13/h10,15H,2-9,14H2,1H3. The summed E-state index contributed by atoms with van der Waals surface area (Å²) in [5, 5.41) is 2.95. The molecule has 0 bridgehead atoms. The first-order chi connectivity index (χ1) is 7.62. The second-order valence-corrected chi connectivity index (χ2v) is 4.60. The summed E-state index contributed by atoms with van der Waals surface area (Å²) in [4.78, 5) is 2.37. The van der Waals surface area contributed by atoms with Crippen molar-refractivity contribution in [2.75, 3.05) is 32.7 Å². The van der Waals surface area contributed by atoms with Crippen molar-refractivity contribution in [2.24, 2.45) is 5.73 Å². The van der Waals surface area contributed by atoms with Crippen molar-refractivity contribution >= 4 is 0 Å². The lowest BCUT2D eigenvalue weighted by Crippen LogP contribution is -2.58. The summed E-state index contributed by atoms with van der Waals surface area (Å²) in [7, 11) is 0. The monoisotopic (exact) mass is 235 g/mol. The summed E-state index contributed by atoms with van der Waals surface area (Å²) < 4.78 is 24.4. The third-order valence-electron chi connectivity index (χ3n) is 3.38. The van der Waals surface area contributed by atoms with Crippen LogP contribution in [0.3, 0.4) is 0 Å². The highest BCUT2D eigenvalue weighted by atomic mass is 19.3. The molecule has 0 aromatic rings. The average Bonchev–Trinajstić information content (AvgIpc) is 2.29. The Bertz CT molecular complexity index is 192. The van der Waals surface area contributed by atoms with Gasteiger partial charge in [-0.05, 0) is 38.9 Å². The maximum Gasteiger partial charge on any atom is 0.250 e. The van der Waals surface area contributed by atoms with Gasteiger partial charge in [-0.3, -0.25) is 0 Å². The molecule has 0 spiro atoms. The van der Waals surface area contributed by atoms with Crippen molar-refractivity contribution < 1.29 is 8.78 Å². The molecular weight excluding hydrogens is 212 g/mol. The van der Waals surface area contributed by atoms with Crippen LogP contribution in [-0.4, -0.2) is 49.6 Å². The third-order valence-corrected chi connectivity index (χ3v) is 3.38. The fourth-order valence-corrected chi connectivity index (χ4v) is 2.27. The van der Waals surface area contributed by atoms with Crippen LogP contribution in [0.1, 0.15) is 26.2 Å². The molecule has 0 saturated carbocycles. The van der Waals surface area contributed by atoms with E-state index in [1.54, 1.807) is 0 Å². The van der Waals surface area contributed by atoms with Crippen LogP contribution in [-0.2, 0) is 0 Å². The molecule has 16 heavy (non-hydrogen) atoms. The highest BCUT2D eigenvalue weighted by molar-refractivity contribution is 4.94. The van der Waals surface area contributed by atoms with Gasteiger partial charge in [0, 0.05) is 12.1 Å². The SMILES string of the molecule is CCCN1CCC(CN)(NCC(F)F)CC1. The number of nitrogens with one attached hydrogen (secondary N) is 1. The van der Waals surface area contributed by atoms with Crippen molar-refractivity contribution in [1.82, 2.24) is 10.2 Å². The number of nitrogens with two attached hydrogens (primary N) is 1. The molecule has 0 aromatic heterocycles. The molecule has 96 valence electrons. The zero-order valence-electron chi connectivity index (χ0n) is 10.0. The summed E-state index contributed by atoms with van der Waals surface area (Å²) in [5.41, 5.74) is 5.45. The molecule has 0 atom stereocenters. The predicted octanol–water partition coefficient (Wildman–Crippen LogP) is 1.04. The fourth-order valence-electron chi connectivity index (χ4n) is 2.27. The quantitative estimate of drug-likeness (QED) is 0.723. The summed E-state index contributed by atoms with van der Waals surface area (Å²) in [6.45, 7) is 5.36. The topological polar surface area (TPSA) is 41.3 Å². The molecule has 1 heterocycles. The van der Waals surface area contributed by atoms with Crippen LogP contribution in [0, 0.1) is 0 Å². The third kappa shape index (κ3) is 3.96. The molecule has 5 heteroatoms. The second kappa shape index (κ2) is 6.47. The van der Waals surface area contributed by atoms with Crippen LogP contribution in [0.25, 0.3) is 0 Å². The van der Waals surface area contributed by atoms with Gasteiger partial charge in [0.2, 0.25) is 0 Å². The summed E-state index contributed by atoms with van der Waals surface area (Å²) in [6.07, 6.45) is 0.587. The van der Waals surface area contributed by atoms with Gasteiger partial charge in [-0.2, -0.15) is 0 Å². The average molecular weight is 235 g/mol. The highest BCUT2D eigenvalue weighted by Gasteiger charge is 2.33. The normalized spacial score (nSPS) is 21.6. The number of hydrogen-bond donors (Lipinski definition) is 2. The Hall–Kier alpha value is -0.260. The van der Waals surface area contributed by atoms with Gasteiger partial charge in [-0.1, -0.05) is 6.92 Å². The Kier molecular flexibility index (Phi) is 5.58.